The van der Waals surface area contributed by atoms with Gasteiger partial charge in [0.1, 0.15) is 5.58 Å². The second-order valence-electron chi connectivity index (χ2n) is 6.09. The zero-order valence-electron chi connectivity index (χ0n) is 13.3. The zero-order valence-corrected chi connectivity index (χ0v) is 14.1. The Morgan fingerprint density at radius 2 is 2.21 bits per heavy atom. The molecule has 5 nitrogen and oxygen atoms in total. The van der Waals surface area contributed by atoms with E-state index in [2.05, 4.69) is 5.32 Å². The summed E-state index contributed by atoms with van der Waals surface area (Å²) in [6, 6.07) is 7.30. The number of thiophene rings is 1. The van der Waals surface area contributed by atoms with Gasteiger partial charge in [-0.05, 0) is 38.0 Å². The lowest BCUT2D eigenvalue weighted by molar-refractivity contribution is 0.0861. The Balaban J connectivity index is 1.70. The average molecular weight is 343 g/mol. The number of benzene rings is 1. The van der Waals surface area contributed by atoms with Crippen LogP contribution in [0.15, 0.2) is 33.5 Å². The van der Waals surface area contributed by atoms with Crippen LogP contribution < -0.4 is 10.9 Å². The number of aryl methyl sites for hydroxylation is 1. The highest BCUT2D eigenvalue weighted by molar-refractivity contribution is 7.21. The van der Waals surface area contributed by atoms with E-state index < -0.39 is 5.63 Å². The summed E-state index contributed by atoms with van der Waals surface area (Å²) in [5, 5.41) is 4.22. The highest BCUT2D eigenvalue weighted by atomic mass is 32.1. The zero-order chi connectivity index (χ0) is 16.7. The van der Waals surface area contributed by atoms with Gasteiger partial charge in [-0.1, -0.05) is 11.6 Å². The lowest BCUT2D eigenvalue weighted by Crippen LogP contribution is -2.31. The standard InChI is InChI=1S/C18H17NO4S/c1-10-4-5-14-12(7-10)16-13(18(21)23-14)8-15(24-16)17(20)19-9-11-3-2-6-22-11/h4-5,7-8,11H,2-3,6,9H2,1H3,(H,19,20)/t11-/m0/s1. The molecule has 0 aliphatic carbocycles. The quantitative estimate of drug-likeness (QED) is 0.742. The number of fused-ring (bicyclic) bond motifs is 3. The molecule has 1 fully saturated rings. The Morgan fingerprint density at radius 3 is 3.00 bits per heavy atom. The molecule has 1 aliphatic rings. The molecule has 1 N–H and O–H groups in total. The number of carbonyl (C=O) groups is 1. The third kappa shape index (κ3) is 2.72. The van der Waals surface area contributed by atoms with E-state index in [9.17, 15) is 9.59 Å². The first-order valence-corrected chi connectivity index (χ1v) is 8.80. The van der Waals surface area contributed by atoms with Gasteiger partial charge in [-0.15, -0.1) is 11.3 Å². The van der Waals surface area contributed by atoms with Crippen LogP contribution in [0.3, 0.4) is 0 Å². The number of rotatable bonds is 3. The van der Waals surface area contributed by atoms with Crippen LogP contribution in [0, 0.1) is 6.92 Å². The fraction of sp³-hybridized carbons (Fsp3) is 0.333. The van der Waals surface area contributed by atoms with Crippen molar-refractivity contribution in [1.82, 2.24) is 5.32 Å². The van der Waals surface area contributed by atoms with E-state index in [-0.39, 0.29) is 12.0 Å². The maximum Gasteiger partial charge on any atom is 0.345 e. The van der Waals surface area contributed by atoms with Crippen molar-refractivity contribution in [2.75, 3.05) is 13.2 Å². The van der Waals surface area contributed by atoms with Gasteiger partial charge in [0.15, 0.2) is 0 Å². The molecule has 0 spiro atoms. The van der Waals surface area contributed by atoms with Crippen LogP contribution in [0.25, 0.3) is 21.1 Å². The summed E-state index contributed by atoms with van der Waals surface area (Å²) in [7, 11) is 0. The van der Waals surface area contributed by atoms with Crippen molar-refractivity contribution in [3.63, 3.8) is 0 Å². The third-order valence-electron chi connectivity index (χ3n) is 4.27. The minimum atomic E-state index is -0.407. The van der Waals surface area contributed by atoms with Crippen molar-refractivity contribution < 1.29 is 13.9 Å². The molecule has 1 amide bonds. The van der Waals surface area contributed by atoms with Gasteiger partial charge in [0.05, 0.1) is 21.1 Å². The predicted molar refractivity (Wildman–Crippen MR) is 93.9 cm³/mol. The summed E-state index contributed by atoms with van der Waals surface area (Å²) >= 11 is 1.33. The molecule has 0 saturated carbocycles. The van der Waals surface area contributed by atoms with Gasteiger partial charge in [-0.2, -0.15) is 0 Å². The predicted octanol–water partition coefficient (Wildman–Crippen LogP) is 3.22. The molecule has 1 aromatic carbocycles. The van der Waals surface area contributed by atoms with Gasteiger partial charge in [0.25, 0.3) is 5.91 Å². The normalized spacial score (nSPS) is 17.6. The van der Waals surface area contributed by atoms with E-state index in [0.717, 1.165) is 35.1 Å². The van der Waals surface area contributed by atoms with Crippen LogP contribution in [0.4, 0.5) is 0 Å². The molecule has 0 bridgehead atoms. The summed E-state index contributed by atoms with van der Waals surface area (Å²) in [5.74, 6) is -0.174. The Kier molecular flexibility index (Phi) is 3.86. The van der Waals surface area contributed by atoms with Crippen LogP contribution in [0.2, 0.25) is 0 Å². The van der Waals surface area contributed by atoms with Gasteiger partial charge < -0.3 is 14.5 Å². The van der Waals surface area contributed by atoms with Gasteiger partial charge >= 0.3 is 5.63 Å². The number of hydrogen-bond donors (Lipinski definition) is 1. The monoisotopic (exact) mass is 343 g/mol. The molecule has 1 aliphatic heterocycles. The number of ether oxygens (including phenoxy) is 1. The fourth-order valence-electron chi connectivity index (χ4n) is 3.02. The maximum absolute atomic E-state index is 12.4. The number of carbonyl (C=O) groups excluding carboxylic acids is 1. The van der Waals surface area contributed by atoms with E-state index >= 15 is 0 Å². The van der Waals surface area contributed by atoms with Crippen molar-refractivity contribution >= 4 is 38.3 Å². The second-order valence-corrected chi connectivity index (χ2v) is 7.14. The van der Waals surface area contributed by atoms with Crippen molar-refractivity contribution in [3.05, 3.63) is 45.1 Å². The SMILES string of the molecule is Cc1ccc2oc(=O)c3cc(C(=O)NC[C@@H]4CCCO4)sc3c2c1. The van der Waals surface area contributed by atoms with Gasteiger partial charge in [-0.3, -0.25) is 4.79 Å². The van der Waals surface area contributed by atoms with E-state index in [4.69, 9.17) is 9.15 Å². The minimum Gasteiger partial charge on any atom is -0.422 e. The lowest BCUT2D eigenvalue weighted by atomic mass is 10.1. The highest BCUT2D eigenvalue weighted by Crippen LogP contribution is 2.31. The molecule has 1 saturated heterocycles. The first-order chi connectivity index (χ1) is 11.6. The Bertz CT molecular complexity index is 982. The topological polar surface area (TPSA) is 68.5 Å². The summed E-state index contributed by atoms with van der Waals surface area (Å²) in [6.45, 7) is 3.25. The molecule has 124 valence electrons. The molecule has 24 heavy (non-hydrogen) atoms. The number of nitrogens with one attached hydrogen (secondary N) is 1. The van der Waals surface area contributed by atoms with Crippen molar-refractivity contribution in [2.24, 2.45) is 0 Å². The second kappa shape index (κ2) is 6.03. The van der Waals surface area contributed by atoms with Crippen molar-refractivity contribution in [3.8, 4) is 0 Å². The van der Waals surface area contributed by atoms with E-state index in [0.29, 0.717) is 22.4 Å². The summed E-state index contributed by atoms with van der Waals surface area (Å²) in [4.78, 5) is 25.1. The Labute approximate surface area is 142 Å². The van der Waals surface area contributed by atoms with Crippen LogP contribution in [-0.2, 0) is 4.74 Å². The molecule has 6 heteroatoms. The Hall–Kier alpha value is -2.18. The molecule has 3 aromatic rings. The minimum absolute atomic E-state index is 0.0943. The van der Waals surface area contributed by atoms with Crippen LogP contribution in [0.1, 0.15) is 28.1 Å². The van der Waals surface area contributed by atoms with Crippen LogP contribution >= 0.6 is 11.3 Å². The van der Waals surface area contributed by atoms with Crippen LogP contribution in [0.5, 0.6) is 0 Å². The Morgan fingerprint density at radius 1 is 1.33 bits per heavy atom. The third-order valence-corrected chi connectivity index (χ3v) is 5.44. The highest BCUT2D eigenvalue weighted by Gasteiger charge is 2.19. The fourth-order valence-corrected chi connectivity index (χ4v) is 4.10. The van der Waals surface area contributed by atoms with Gasteiger partial charge in [0, 0.05) is 18.5 Å². The van der Waals surface area contributed by atoms with Gasteiger partial charge in [0.2, 0.25) is 0 Å². The number of amides is 1. The maximum atomic E-state index is 12.4. The smallest absolute Gasteiger partial charge is 0.345 e. The van der Waals surface area contributed by atoms with Crippen LogP contribution in [-0.4, -0.2) is 25.2 Å². The molecular formula is C18H17NO4S. The van der Waals surface area contributed by atoms with Gasteiger partial charge in [-0.25, -0.2) is 4.79 Å². The van der Waals surface area contributed by atoms with E-state index in [1.807, 2.05) is 19.1 Å². The molecule has 2 aromatic heterocycles. The molecule has 0 radical (unpaired) electrons. The molecule has 4 rings (SSSR count). The molecular weight excluding hydrogens is 326 g/mol. The molecule has 0 unspecified atom stereocenters. The molecule has 1 atom stereocenters. The summed E-state index contributed by atoms with van der Waals surface area (Å²) in [5.41, 5.74) is 1.22. The number of hydrogen-bond acceptors (Lipinski definition) is 5. The average Bonchev–Trinajstić information content (AvgIpc) is 3.23. The summed E-state index contributed by atoms with van der Waals surface area (Å²) < 4.78 is 11.7. The summed E-state index contributed by atoms with van der Waals surface area (Å²) in [6.07, 6.45) is 2.10. The largest absolute Gasteiger partial charge is 0.422 e. The van der Waals surface area contributed by atoms with Crippen molar-refractivity contribution in [2.45, 2.75) is 25.9 Å². The van der Waals surface area contributed by atoms with E-state index in [1.54, 1.807) is 12.1 Å². The van der Waals surface area contributed by atoms with Crippen molar-refractivity contribution in [1.29, 1.82) is 0 Å². The lowest BCUT2D eigenvalue weighted by Gasteiger charge is -2.09. The first-order valence-electron chi connectivity index (χ1n) is 7.98. The first kappa shape index (κ1) is 15.4. The molecule has 3 heterocycles. The van der Waals surface area contributed by atoms with E-state index in [1.165, 1.54) is 11.3 Å².